The topological polar surface area (TPSA) is 32.7 Å². The molecule has 1 fully saturated rings. The Morgan fingerprint density at radius 1 is 1.35 bits per heavy atom. The van der Waals surface area contributed by atoms with Crippen LogP contribution in [-0.4, -0.2) is 30.4 Å². The van der Waals surface area contributed by atoms with Gasteiger partial charge in [-0.25, -0.2) is 0 Å². The number of benzene rings is 1. The summed E-state index contributed by atoms with van der Waals surface area (Å²) >= 11 is 0. The average molecular weight is 289 g/mol. The van der Waals surface area contributed by atoms with Gasteiger partial charge in [-0.05, 0) is 31.5 Å². The highest BCUT2D eigenvalue weighted by molar-refractivity contribution is 5.58. The molecule has 112 valence electrons. The maximum atomic E-state index is 13.2. The monoisotopic (exact) mass is 289 g/mol. The van der Waals surface area contributed by atoms with E-state index < -0.39 is 23.9 Å². The van der Waals surface area contributed by atoms with E-state index in [1.807, 2.05) is 13.8 Å². The molecular weight excluding hydrogens is 271 g/mol. The van der Waals surface area contributed by atoms with Crippen LogP contribution in [0.4, 0.5) is 18.9 Å². The van der Waals surface area contributed by atoms with E-state index in [1.165, 1.54) is 12.1 Å². The number of nitrogens with zero attached hydrogens (tertiary/aromatic N) is 1. The third kappa shape index (κ3) is 2.91. The van der Waals surface area contributed by atoms with Crippen molar-refractivity contribution >= 4 is 5.69 Å². The van der Waals surface area contributed by atoms with Crippen molar-refractivity contribution in [2.45, 2.75) is 32.2 Å². The molecule has 0 aliphatic carbocycles. The summed E-state index contributed by atoms with van der Waals surface area (Å²) in [6, 6.07) is 3.97. The normalized spacial score (nSPS) is 19.2. The molecule has 1 aliphatic heterocycles. The zero-order valence-electron chi connectivity index (χ0n) is 11.5. The van der Waals surface area contributed by atoms with Gasteiger partial charge in [-0.15, -0.1) is 0 Å². The van der Waals surface area contributed by atoms with Gasteiger partial charge >= 0.3 is 6.18 Å². The Bertz CT molecular complexity index is 486. The summed E-state index contributed by atoms with van der Waals surface area (Å²) in [6.07, 6.45) is -4.45. The highest BCUT2D eigenvalue weighted by Gasteiger charge is 2.39. The number of hydrogen-bond donors (Lipinski definition) is 1. The van der Waals surface area contributed by atoms with Crippen molar-refractivity contribution in [3.63, 3.8) is 0 Å². The average Bonchev–Trinajstić information content (AvgIpc) is 2.36. The molecule has 3 nitrogen and oxygen atoms in total. The first-order valence-corrected chi connectivity index (χ1v) is 6.42. The Balaban J connectivity index is 2.50. The number of morpholine rings is 1. The largest absolute Gasteiger partial charge is 0.418 e. The van der Waals surface area contributed by atoms with Crippen molar-refractivity contribution in [3.8, 4) is 0 Å². The van der Waals surface area contributed by atoms with Crippen LogP contribution in [0.15, 0.2) is 18.2 Å². The van der Waals surface area contributed by atoms with Gasteiger partial charge in [-0.2, -0.15) is 13.2 Å². The summed E-state index contributed by atoms with van der Waals surface area (Å²) in [5.74, 6) is 0. The van der Waals surface area contributed by atoms with Gasteiger partial charge < -0.3 is 14.7 Å². The van der Waals surface area contributed by atoms with Gasteiger partial charge in [-0.3, -0.25) is 0 Å². The van der Waals surface area contributed by atoms with Gasteiger partial charge in [0.1, 0.15) is 0 Å². The molecule has 0 unspecified atom stereocenters. The summed E-state index contributed by atoms with van der Waals surface area (Å²) in [7, 11) is 0. The minimum Gasteiger partial charge on any atom is -0.392 e. The molecule has 0 saturated carbocycles. The fourth-order valence-corrected chi connectivity index (χ4v) is 2.45. The number of rotatable bonds is 2. The smallest absolute Gasteiger partial charge is 0.392 e. The first-order valence-electron chi connectivity index (χ1n) is 6.42. The van der Waals surface area contributed by atoms with Gasteiger partial charge in [0.15, 0.2) is 0 Å². The Morgan fingerprint density at radius 2 is 2.05 bits per heavy atom. The third-order valence-corrected chi connectivity index (χ3v) is 3.48. The molecule has 0 radical (unpaired) electrons. The molecule has 1 saturated heterocycles. The van der Waals surface area contributed by atoms with Gasteiger partial charge in [0.05, 0.1) is 30.9 Å². The van der Waals surface area contributed by atoms with Gasteiger partial charge in [0, 0.05) is 12.2 Å². The molecule has 20 heavy (non-hydrogen) atoms. The van der Waals surface area contributed by atoms with Crippen LogP contribution in [0.3, 0.4) is 0 Å². The minimum atomic E-state index is -4.45. The molecule has 0 atom stereocenters. The molecule has 0 bridgehead atoms. The van der Waals surface area contributed by atoms with Crippen LogP contribution >= 0.6 is 0 Å². The number of halogens is 3. The van der Waals surface area contributed by atoms with E-state index >= 15 is 0 Å². The van der Waals surface area contributed by atoms with E-state index in [-0.39, 0.29) is 11.3 Å². The zero-order chi connectivity index (χ0) is 15.0. The number of ether oxygens (including phenoxy) is 1. The first kappa shape index (κ1) is 15.1. The molecule has 0 amide bonds. The Hall–Kier alpha value is -1.27. The molecule has 1 aliphatic rings. The molecule has 1 aromatic rings. The second-order valence-electron chi connectivity index (χ2n) is 5.52. The molecule has 2 rings (SSSR count). The van der Waals surface area contributed by atoms with Crippen molar-refractivity contribution < 1.29 is 23.0 Å². The van der Waals surface area contributed by atoms with Crippen LogP contribution in [0.25, 0.3) is 0 Å². The number of hydrogen-bond acceptors (Lipinski definition) is 3. The summed E-state index contributed by atoms with van der Waals surface area (Å²) in [5, 5.41) is 9.03. The highest BCUT2D eigenvalue weighted by atomic mass is 19.4. The Kier molecular flexibility index (Phi) is 3.97. The Morgan fingerprint density at radius 3 is 2.60 bits per heavy atom. The summed E-state index contributed by atoms with van der Waals surface area (Å²) < 4.78 is 45.0. The molecule has 0 aromatic heterocycles. The van der Waals surface area contributed by atoms with Crippen molar-refractivity contribution in [2.75, 3.05) is 24.7 Å². The molecule has 0 spiro atoms. The van der Waals surface area contributed by atoms with E-state index in [9.17, 15) is 13.2 Å². The number of aliphatic hydroxyl groups is 1. The van der Waals surface area contributed by atoms with Crippen LogP contribution in [-0.2, 0) is 17.5 Å². The van der Waals surface area contributed by atoms with Gasteiger partial charge in [0.25, 0.3) is 0 Å². The lowest BCUT2D eigenvalue weighted by atomic mass is 9.98. The van der Waals surface area contributed by atoms with Crippen molar-refractivity contribution in [2.24, 2.45) is 0 Å². The van der Waals surface area contributed by atoms with Crippen molar-refractivity contribution in [3.05, 3.63) is 29.3 Å². The summed E-state index contributed by atoms with van der Waals surface area (Å²) in [6.45, 7) is 4.50. The number of anilines is 1. The summed E-state index contributed by atoms with van der Waals surface area (Å²) in [4.78, 5) is 1.72. The van der Waals surface area contributed by atoms with Crippen LogP contribution in [0.5, 0.6) is 0 Å². The SMILES string of the molecule is CC1(C)COCCN1c1ccc(CO)cc1C(F)(F)F. The lowest BCUT2D eigenvalue weighted by Gasteiger charge is -2.44. The van der Waals surface area contributed by atoms with Crippen molar-refractivity contribution in [1.29, 1.82) is 0 Å². The second kappa shape index (κ2) is 5.26. The van der Waals surface area contributed by atoms with Crippen LogP contribution in [0, 0.1) is 0 Å². The van der Waals surface area contributed by atoms with E-state index in [4.69, 9.17) is 9.84 Å². The van der Waals surface area contributed by atoms with E-state index in [1.54, 1.807) is 4.90 Å². The van der Waals surface area contributed by atoms with Crippen LogP contribution in [0.2, 0.25) is 0 Å². The van der Waals surface area contributed by atoms with Gasteiger partial charge in [0.2, 0.25) is 0 Å². The molecule has 1 heterocycles. The molecule has 6 heteroatoms. The van der Waals surface area contributed by atoms with Gasteiger partial charge in [-0.1, -0.05) is 6.07 Å². The highest BCUT2D eigenvalue weighted by Crippen LogP contribution is 2.40. The number of aliphatic hydroxyl groups excluding tert-OH is 1. The van der Waals surface area contributed by atoms with E-state index in [0.29, 0.717) is 19.8 Å². The third-order valence-electron chi connectivity index (χ3n) is 3.48. The lowest BCUT2D eigenvalue weighted by molar-refractivity contribution is -0.137. The fraction of sp³-hybridized carbons (Fsp3) is 0.571. The first-order chi connectivity index (χ1) is 9.25. The van der Waals surface area contributed by atoms with Crippen LogP contribution < -0.4 is 4.90 Å². The maximum absolute atomic E-state index is 13.2. The van der Waals surface area contributed by atoms with E-state index in [0.717, 1.165) is 6.07 Å². The predicted octanol–water partition coefficient (Wildman–Crippen LogP) is 2.81. The standard InChI is InChI=1S/C14H18F3NO2/c1-13(2)9-20-6-5-18(13)12-4-3-10(8-19)7-11(12)14(15,16)17/h3-4,7,19H,5-6,8-9H2,1-2H3. The minimum absolute atomic E-state index is 0.142. The quantitative estimate of drug-likeness (QED) is 0.908. The fourth-order valence-electron chi connectivity index (χ4n) is 2.45. The lowest BCUT2D eigenvalue weighted by Crippen LogP contribution is -2.53. The Labute approximate surface area is 116 Å². The second-order valence-corrected chi connectivity index (χ2v) is 5.52. The van der Waals surface area contributed by atoms with Crippen molar-refractivity contribution in [1.82, 2.24) is 0 Å². The zero-order valence-corrected chi connectivity index (χ0v) is 11.5. The number of alkyl halides is 3. The van der Waals surface area contributed by atoms with Crippen LogP contribution in [0.1, 0.15) is 25.0 Å². The maximum Gasteiger partial charge on any atom is 0.418 e. The molecule has 1 aromatic carbocycles. The predicted molar refractivity (Wildman–Crippen MR) is 69.6 cm³/mol. The molecule has 1 N–H and O–H groups in total. The molecular formula is C14H18F3NO2. The van der Waals surface area contributed by atoms with E-state index in [2.05, 4.69) is 0 Å². The summed E-state index contributed by atoms with van der Waals surface area (Å²) in [5.41, 5.74) is -0.812.